The highest BCUT2D eigenvalue weighted by Crippen LogP contribution is 2.45. The average molecular weight is 349 g/mol. The summed E-state index contributed by atoms with van der Waals surface area (Å²) in [6.07, 6.45) is 7.91. The Hall–Kier alpha value is -2.59. The molecular weight excluding hydrogens is 329 g/mol. The Labute approximate surface area is 152 Å². The first kappa shape index (κ1) is 16.9. The standard InChI is InChI=1S/C19H20BN3O3/c21-7-5-14(24)9-12-1-3-13(4-2-12)16-10-20(25)26-17-11-23-19-15(18(16)17)6-8-22-19/h6,8,10-13,25H,1-5,9H2,(H,22,23). The van der Waals surface area contributed by atoms with Gasteiger partial charge >= 0.3 is 7.12 Å². The lowest BCUT2D eigenvalue weighted by atomic mass is 9.70. The zero-order valence-corrected chi connectivity index (χ0v) is 14.4. The molecule has 2 aromatic rings. The molecule has 3 heterocycles. The van der Waals surface area contributed by atoms with Crippen LogP contribution in [0.25, 0.3) is 16.6 Å². The van der Waals surface area contributed by atoms with Gasteiger partial charge in [0.05, 0.1) is 18.7 Å². The molecular formula is C19H20BN3O3. The molecule has 0 amide bonds. The molecule has 132 valence electrons. The number of nitriles is 1. The zero-order chi connectivity index (χ0) is 18.1. The molecule has 1 aliphatic carbocycles. The number of hydrogen-bond acceptors (Lipinski definition) is 5. The summed E-state index contributed by atoms with van der Waals surface area (Å²) < 4.78 is 5.56. The van der Waals surface area contributed by atoms with E-state index in [4.69, 9.17) is 9.92 Å². The van der Waals surface area contributed by atoms with Crippen LogP contribution < -0.4 is 4.65 Å². The van der Waals surface area contributed by atoms with E-state index in [-0.39, 0.29) is 12.2 Å². The minimum atomic E-state index is -0.953. The van der Waals surface area contributed by atoms with Crippen LogP contribution in [-0.4, -0.2) is 27.9 Å². The molecule has 26 heavy (non-hydrogen) atoms. The number of H-pyrrole nitrogens is 1. The first-order chi connectivity index (χ1) is 12.7. The Morgan fingerprint density at radius 1 is 1.42 bits per heavy atom. The second-order valence-corrected chi connectivity index (χ2v) is 7.16. The Kier molecular flexibility index (Phi) is 4.52. The average Bonchev–Trinajstić information content (AvgIpc) is 3.10. The molecule has 1 saturated carbocycles. The molecule has 0 atom stereocenters. The summed E-state index contributed by atoms with van der Waals surface area (Å²) in [5.41, 5.74) is 2.95. The largest absolute Gasteiger partial charge is 0.552 e. The quantitative estimate of drug-likeness (QED) is 0.827. The predicted molar refractivity (Wildman–Crippen MR) is 98.0 cm³/mol. The van der Waals surface area contributed by atoms with E-state index < -0.39 is 7.12 Å². The Morgan fingerprint density at radius 3 is 3.00 bits per heavy atom. The number of fused-ring (bicyclic) bond motifs is 3. The highest BCUT2D eigenvalue weighted by atomic mass is 16.5. The van der Waals surface area contributed by atoms with Crippen molar-refractivity contribution in [1.29, 1.82) is 5.26 Å². The summed E-state index contributed by atoms with van der Waals surface area (Å²) in [4.78, 5) is 19.2. The van der Waals surface area contributed by atoms with Crippen molar-refractivity contribution in [2.75, 3.05) is 0 Å². The van der Waals surface area contributed by atoms with Gasteiger partial charge in [-0.3, -0.25) is 4.79 Å². The number of rotatable bonds is 4. The number of allylic oxidation sites excluding steroid dienone is 1. The fourth-order valence-electron chi connectivity index (χ4n) is 4.28. The second-order valence-electron chi connectivity index (χ2n) is 7.16. The van der Waals surface area contributed by atoms with E-state index in [2.05, 4.69) is 9.97 Å². The number of Topliss-reactive ketones (excluding diaryl/α,β-unsaturated/α-hetero) is 1. The highest BCUT2D eigenvalue weighted by Gasteiger charge is 2.33. The van der Waals surface area contributed by atoms with Gasteiger partial charge in [0.2, 0.25) is 0 Å². The van der Waals surface area contributed by atoms with Crippen LogP contribution in [0.4, 0.5) is 0 Å². The normalized spacial score (nSPS) is 22.3. The van der Waals surface area contributed by atoms with Crippen LogP contribution in [0.1, 0.15) is 44.1 Å². The number of aromatic nitrogens is 2. The molecule has 1 fully saturated rings. The van der Waals surface area contributed by atoms with Gasteiger partial charge in [-0.15, -0.1) is 0 Å². The molecule has 0 spiro atoms. The molecule has 4 rings (SSSR count). The summed E-state index contributed by atoms with van der Waals surface area (Å²) >= 11 is 0. The van der Waals surface area contributed by atoms with Crippen molar-refractivity contribution in [2.45, 2.75) is 38.5 Å². The van der Waals surface area contributed by atoms with E-state index in [0.717, 1.165) is 47.9 Å². The van der Waals surface area contributed by atoms with Crippen molar-refractivity contribution in [3.63, 3.8) is 0 Å². The molecule has 0 unspecified atom stereocenters. The molecule has 1 aliphatic heterocycles. The van der Waals surface area contributed by atoms with E-state index >= 15 is 0 Å². The maximum Gasteiger partial charge on any atom is 0.552 e. The Balaban J connectivity index is 1.55. The van der Waals surface area contributed by atoms with Crippen molar-refractivity contribution < 1.29 is 14.5 Å². The van der Waals surface area contributed by atoms with Crippen LogP contribution in [0.3, 0.4) is 0 Å². The van der Waals surface area contributed by atoms with Crippen LogP contribution in [-0.2, 0) is 4.79 Å². The maximum absolute atomic E-state index is 11.7. The minimum Gasteiger partial charge on any atom is -0.531 e. The monoisotopic (exact) mass is 349 g/mol. The molecule has 0 radical (unpaired) electrons. The van der Waals surface area contributed by atoms with Crippen LogP contribution in [0.15, 0.2) is 24.4 Å². The van der Waals surface area contributed by atoms with Gasteiger partial charge in [-0.25, -0.2) is 4.98 Å². The summed E-state index contributed by atoms with van der Waals surface area (Å²) in [5, 5.41) is 19.8. The number of nitrogens with zero attached hydrogens (tertiary/aromatic N) is 2. The van der Waals surface area contributed by atoms with Crippen molar-refractivity contribution >= 4 is 29.5 Å². The SMILES string of the molecule is N#CCC(=O)CC1CCC(C2=CB(O)Oc3cnc4[nH]ccc4c32)CC1. The Bertz CT molecular complexity index is 906. The maximum atomic E-state index is 11.7. The number of carbonyl (C=O) groups is 1. The van der Waals surface area contributed by atoms with Gasteiger partial charge in [0.15, 0.2) is 0 Å². The molecule has 0 aromatic carbocycles. The van der Waals surface area contributed by atoms with Crippen LogP contribution in [0, 0.1) is 23.2 Å². The lowest BCUT2D eigenvalue weighted by Gasteiger charge is -2.32. The molecule has 2 N–H and O–H groups in total. The molecule has 0 saturated heterocycles. The third-order valence-electron chi connectivity index (χ3n) is 5.49. The van der Waals surface area contributed by atoms with Crippen LogP contribution >= 0.6 is 0 Å². The lowest BCUT2D eigenvalue weighted by Crippen LogP contribution is -2.27. The fourth-order valence-corrected chi connectivity index (χ4v) is 4.28. The van der Waals surface area contributed by atoms with Gasteiger partial charge in [0, 0.05) is 23.6 Å². The van der Waals surface area contributed by atoms with Gasteiger partial charge in [0.1, 0.15) is 17.2 Å². The van der Waals surface area contributed by atoms with Crippen molar-refractivity contribution in [3.8, 4) is 11.8 Å². The number of hydrogen-bond donors (Lipinski definition) is 2. The molecule has 2 aliphatic rings. The lowest BCUT2D eigenvalue weighted by molar-refractivity contribution is -0.119. The summed E-state index contributed by atoms with van der Waals surface area (Å²) in [6, 6.07) is 3.93. The molecule has 7 heteroatoms. The third-order valence-corrected chi connectivity index (χ3v) is 5.49. The second kappa shape index (κ2) is 6.97. The van der Waals surface area contributed by atoms with Gasteiger partial charge in [-0.2, -0.15) is 5.26 Å². The van der Waals surface area contributed by atoms with E-state index in [1.54, 1.807) is 12.2 Å². The molecule has 6 nitrogen and oxygen atoms in total. The van der Waals surface area contributed by atoms with Crippen molar-refractivity contribution in [3.05, 3.63) is 30.0 Å². The predicted octanol–water partition coefficient (Wildman–Crippen LogP) is 3.04. The first-order valence-electron chi connectivity index (χ1n) is 9.07. The van der Waals surface area contributed by atoms with E-state index in [9.17, 15) is 9.82 Å². The zero-order valence-electron chi connectivity index (χ0n) is 14.4. The van der Waals surface area contributed by atoms with Gasteiger partial charge < -0.3 is 14.7 Å². The number of aromatic amines is 1. The molecule has 2 aromatic heterocycles. The molecule has 0 bridgehead atoms. The third kappa shape index (κ3) is 3.13. The van der Waals surface area contributed by atoms with Crippen molar-refractivity contribution in [1.82, 2.24) is 9.97 Å². The summed E-state index contributed by atoms with van der Waals surface area (Å²) in [7, 11) is -0.953. The number of carbonyl (C=O) groups excluding carboxylic acids is 1. The number of pyridine rings is 1. The fraction of sp³-hybridized carbons (Fsp3) is 0.421. The van der Waals surface area contributed by atoms with E-state index in [1.807, 2.05) is 18.3 Å². The van der Waals surface area contributed by atoms with Gasteiger partial charge in [-0.1, -0.05) is 0 Å². The smallest absolute Gasteiger partial charge is 0.531 e. The topological polar surface area (TPSA) is 99.0 Å². The van der Waals surface area contributed by atoms with Crippen LogP contribution in [0.5, 0.6) is 5.75 Å². The van der Waals surface area contributed by atoms with Gasteiger partial charge in [-0.05, 0) is 55.1 Å². The first-order valence-corrected chi connectivity index (χ1v) is 9.07. The highest BCUT2D eigenvalue weighted by molar-refractivity contribution is 6.52. The summed E-state index contributed by atoms with van der Waals surface area (Å²) in [6.45, 7) is 0. The minimum absolute atomic E-state index is 0.0143. The number of ketones is 1. The van der Waals surface area contributed by atoms with Gasteiger partial charge in [0.25, 0.3) is 0 Å². The van der Waals surface area contributed by atoms with E-state index in [1.165, 1.54) is 0 Å². The van der Waals surface area contributed by atoms with Crippen LogP contribution in [0.2, 0.25) is 0 Å². The number of nitrogens with one attached hydrogen (secondary N) is 1. The summed E-state index contributed by atoms with van der Waals surface area (Å²) in [5.74, 6) is 3.16. The van der Waals surface area contributed by atoms with E-state index in [0.29, 0.717) is 24.0 Å². The van der Waals surface area contributed by atoms with Crippen molar-refractivity contribution in [2.24, 2.45) is 11.8 Å². The Morgan fingerprint density at radius 2 is 2.23 bits per heavy atom.